The molecule has 0 aromatic carbocycles. The van der Waals surface area contributed by atoms with Gasteiger partial charge in [0, 0.05) is 12.6 Å². The number of amides is 2. The van der Waals surface area contributed by atoms with Gasteiger partial charge in [-0.15, -0.1) is 0 Å². The molecule has 3 nitrogen and oxygen atoms in total. The topological polar surface area (TPSA) is 41.1 Å². The number of urea groups is 1. The van der Waals surface area contributed by atoms with Crippen molar-refractivity contribution in [2.24, 2.45) is 5.92 Å². The predicted molar refractivity (Wildman–Crippen MR) is 60.4 cm³/mol. The third kappa shape index (κ3) is 9.36. The van der Waals surface area contributed by atoms with Crippen molar-refractivity contribution in [2.75, 3.05) is 6.54 Å². The summed E-state index contributed by atoms with van der Waals surface area (Å²) < 4.78 is 0. The van der Waals surface area contributed by atoms with E-state index in [1.54, 1.807) is 0 Å². The maximum Gasteiger partial charge on any atom is 0.314 e. The summed E-state index contributed by atoms with van der Waals surface area (Å²) in [6.07, 6.45) is 3.51. The minimum absolute atomic E-state index is 0.0513. The minimum atomic E-state index is -0.0513. The lowest BCUT2D eigenvalue weighted by Gasteiger charge is -2.10. The highest BCUT2D eigenvalue weighted by Gasteiger charge is 2.00. The number of rotatable bonds is 6. The van der Waals surface area contributed by atoms with Gasteiger partial charge in [0.25, 0.3) is 0 Å². The molecule has 0 unspecified atom stereocenters. The van der Waals surface area contributed by atoms with Crippen molar-refractivity contribution in [1.82, 2.24) is 10.6 Å². The molecule has 84 valence electrons. The van der Waals surface area contributed by atoms with E-state index in [0.29, 0.717) is 0 Å². The van der Waals surface area contributed by atoms with Crippen molar-refractivity contribution >= 4 is 6.03 Å². The summed E-state index contributed by atoms with van der Waals surface area (Å²) in [6, 6.07) is 0.162. The maximum absolute atomic E-state index is 11.1. The molecule has 0 heterocycles. The fraction of sp³-hybridized carbons (Fsp3) is 0.909. The summed E-state index contributed by atoms with van der Waals surface area (Å²) in [7, 11) is 0. The van der Waals surface area contributed by atoms with Crippen LogP contribution in [0.1, 0.15) is 47.0 Å². The Morgan fingerprint density at radius 1 is 1.14 bits per heavy atom. The van der Waals surface area contributed by atoms with Crippen LogP contribution in [0.4, 0.5) is 4.79 Å². The van der Waals surface area contributed by atoms with Gasteiger partial charge in [-0.25, -0.2) is 4.79 Å². The zero-order valence-electron chi connectivity index (χ0n) is 9.89. The fourth-order valence-corrected chi connectivity index (χ4v) is 1.19. The van der Waals surface area contributed by atoms with E-state index in [2.05, 4.69) is 24.5 Å². The molecule has 0 aliphatic heterocycles. The molecule has 0 atom stereocenters. The van der Waals surface area contributed by atoms with Crippen LogP contribution in [0.3, 0.4) is 0 Å². The van der Waals surface area contributed by atoms with Crippen LogP contribution in [0.2, 0.25) is 0 Å². The molecule has 3 heteroatoms. The molecular weight excluding hydrogens is 176 g/mol. The highest BCUT2D eigenvalue weighted by atomic mass is 16.2. The van der Waals surface area contributed by atoms with Crippen LogP contribution in [0.25, 0.3) is 0 Å². The van der Waals surface area contributed by atoms with E-state index in [9.17, 15) is 4.79 Å². The molecular formula is C11H24N2O. The first kappa shape index (κ1) is 13.3. The quantitative estimate of drug-likeness (QED) is 0.636. The molecule has 2 amide bonds. The molecule has 0 aliphatic rings. The number of carbonyl (C=O) groups is 1. The average Bonchev–Trinajstić information content (AvgIpc) is 2.01. The van der Waals surface area contributed by atoms with E-state index in [0.717, 1.165) is 18.9 Å². The number of unbranched alkanes of at least 4 members (excludes halogenated alkanes) is 1. The van der Waals surface area contributed by atoms with Crippen LogP contribution < -0.4 is 10.6 Å². The maximum atomic E-state index is 11.1. The van der Waals surface area contributed by atoms with E-state index in [1.165, 1.54) is 12.8 Å². The fourth-order valence-electron chi connectivity index (χ4n) is 1.19. The number of hydrogen-bond acceptors (Lipinski definition) is 1. The Kier molecular flexibility index (Phi) is 7.25. The molecule has 0 bridgehead atoms. The first-order chi connectivity index (χ1) is 6.52. The Hall–Kier alpha value is -0.730. The van der Waals surface area contributed by atoms with Crippen molar-refractivity contribution in [1.29, 1.82) is 0 Å². The van der Waals surface area contributed by atoms with Gasteiger partial charge in [-0.3, -0.25) is 0 Å². The number of carbonyl (C=O) groups excluding carboxylic acids is 1. The second-order valence-electron chi connectivity index (χ2n) is 4.44. The second-order valence-corrected chi connectivity index (χ2v) is 4.44. The van der Waals surface area contributed by atoms with Gasteiger partial charge in [-0.2, -0.15) is 0 Å². The first-order valence-corrected chi connectivity index (χ1v) is 5.56. The molecule has 0 saturated carbocycles. The van der Waals surface area contributed by atoms with Crippen LogP contribution in [0, 0.1) is 5.92 Å². The number of hydrogen-bond donors (Lipinski definition) is 2. The van der Waals surface area contributed by atoms with Crippen molar-refractivity contribution in [2.45, 2.75) is 53.0 Å². The molecule has 0 aromatic rings. The van der Waals surface area contributed by atoms with Crippen LogP contribution in [-0.4, -0.2) is 18.6 Å². The predicted octanol–water partition coefficient (Wildman–Crippen LogP) is 2.52. The number of nitrogens with one attached hydrogen (secondary N) is 2. The Morgan fingerprint density at radius 2 is 1.79 bits per heavy atom. The minimum Gasteiger partial charge on any atom is -0.338 e. The smallest absolute Gasteiger partial charge is 0.314 e. The summed E-state index contributed by atoms with van der Waals surface area (Å²) in [5.74, 6) is 0.763. The van der Waals surface area contributed by atoms with Gasteiger partial charge in [0.05, 0.1) is 0 Å². The molecule has 0 rings (SSSR count). The van der Waals surface area contributed by atoms with Crippen molar-refractivity contribution in [3.8, 4) is 0 Å². The van der Waals surface area contributed by atoms with Crippen molar-refractivity contribution < 1.29 is 4.79 Å². The second kappa shape index (κ2) is 7.65. The molecule has 0 fully saturated rings. The van der Waals surface area contributed by atoms with E-state index < -0.39 is 0 Å². The van der Waals surface area contributed by atoms with Crippen molar-refractivity contribution in [3.05, 3.63) is 0 Å². The van der Waals surface area contributed by atoms with Crippen LogP contribution in [0.5, 0.6) is 0 Å². The van der Waals surface area contributed by atoms with E-state index >= 15 is 0 Å². The van der Waals surface area contributed by atoms with Gasteiger partial charge >= 0.3 is 6.03 Å². The largest absolute Gasteiger partial charge is 0.338 e. The highest BCUT2D eigenvalue weighted by Crippen LogP contribution is 2.04. The summed E-state index contributed by atoms with van der Waals surface area (Å²) in [5.41, 5.74) is 0. The van der Waals surface area contributed by atoms with E-state index in [1.807, 2.05) is 13.8 Å². The van der Waals surface area contributed by atoms with Crippen LogP contribution >= 0.6 is 0 Å². The standard InChI is InChI=1S/C11H24N2O/c1-9(2)7-5-6-8-12-11(14)13-10(3)4/h9-10H,5-8H2,1-4H3,(H2,12,13,14). The Balaban J connectivity index is 3.23. The summed E-state index contributed by atoms with van der Waals surface area (Å²) in [5, 5.41) is 5.63. The lowest BCUT2D eigenvalue weighted by atomic mass is 10.1. The zero-order valence-corrected chi connectivity index (χ0v) is 9.89. The third-order valence-electron chi connectivity index (χ3n) is 1.91. The lowest BCUT2D eigenvalue weighted by molar-refractivity contribution is 0.238. The molecule has 0 saturated heterocycles. The monoisotopic (exact) mass is 200 g/mol. The third-order valence-corrected chi connectivity index (χ3v) is 1.91. The zero-order chi connectivity index (χ0) is 11.0. The summed E-state index contributed by atoms with van der Waals surface area (Å²) in [4.78, 5) is 11.1. The normalized spacial score (nSPS) is 10.7. The van der Waals surface area contributed by atoms with Gasteiger partial charge in [-0.1, -0.05) is 26.7 Å². The van der Waals surface area contributed by atoms with Crippen LogP contribution in [-0.2, 0) is 0 Å². The van der Waals surface area contributed by atoms with E-state index in [-0.39, 0.29) is 12.1 Å². The molecule has 14 heavy (non-hydrogen) atoms. The van der Waals surface area contributed by atoms with Gasteiger partial charge in [0.15, 0.2) is 0 Å². The van der Waals surface area contributed by atoms with Gasteiger partial charge < -0.3 is 10.6 Å². The Morgan fingerprint density at radius 3 is 2.29 bits per heavy atom. The average molecular weight is 200 g/mol. The molecule has 0 aliphatic carbocycles. The van der Waals surface area contributed by atoms with Gasteiger partial charge in [0.1, 0.15) is 0 Å². The SMILES string of the molecule is CC(C)CCCCNC(=O)NC(C)C. The molecule has 0 aromatic heterocycles. The van der Waals surface area contributed by atoms with Crippen LogP contribution in [0.15, 0.2) is 0 Å². The highest BCUT2D eigenvalue weighted by molar-refractivity contribution is 5.73. The molecule has 0 radical (unpaired) electrons. The lowest BCUT2D eigenvalue weighted by Crippen LogP contribution is -2.39. The Bertz CT molecular complexity index is 155. The van der Waals surface area contributed by atoms with Gasteiger partial charge in [0.2, 0.25) is 0 Å². The Labute approximate surface area is 87.6 Å². The summed E-state index contributed by atoms with van der Waals surface area (Å²) >= 11 is 0. The molecule has 2 N–H and O–H groups in total. The van der Waals surface area contributed by atoms with Crippen molar-refractivity contribution in [3.63, 3.8) is 0 Å². The molecule has 0 spiro atoms. The first-order valence-electron chi connectivity index (χ1n) is 5.56. The van der Waals surface area contributed by atoms with Gasteiger partial charge in [-0.05, 0) is 26.2 Å². The summed E-state index contributed by atoms with van der Waals surface area (Å²) in [6.45, 7) is 9.14. The van der Waals surface area contributed by atoms with E-state index in [4.69, 9.17) is 0 Å².